The Morgan fingerprint density at radius 2 is 0.981 bits per heavy atom. The van der Waals surface area contributed by atoms with Crippen molar-refractivity contribution in [1.29, 1.82) is 0 Å². The number of carbonyl (C=O) groups excluding carboxylic acids is 3. The molecule has 0 amide bonds. The summed E-state index contributed by atoms with van der Waals surface area (Å²) >= 11 is 0. The molecular formula is C44H85NO7. The number of carbonyl (C=O) groups is 3. The third kappa shape index (κ3) is 34.1. The van der Waals surface area contributed by atoms with E-state index in [9.17, 15) is 19.5 Å². The van der Waals surface area contributed by atoms with Crippen molar-refractivity contribution in [3.05, 3.63) is 0 Å². The maximum atomic E-state index is 13.0. The first-order chi connectivity index (χ1) is 25.4. The number of hydrogen-bond acceptors (Lipinski definition) is 8. The van der Waals surface area contributed by atoms with Crippen molar-refractivity contribution in [3.8, 4) is 0 Å². The molecule has 0 rings (SSSR count). The third-order valence-electron chi connectivity index (χ3n) is 10.3. The molecule has 8 nitrogen and oxygen atoms in total. The minimum absolute atomic E-state index is 0.00724. The summed E-state index contributed by atoms with van der Waals surface area (Å²) in [7, 11) is 1.41. The van der Waals surface area contributed by atoms with Gasteiger partial charge in [0.1, 0.15) is 6.10 Å². The van der Waals surface area contributed by atoms with Gasteiger partial charge in [0.05, 0.1) is 26.2 Å². The highest BCUT2D eigenvalue weighted by Crippen LogP contribution is 2.20. The molecular weight excluding hydrogens is 654 g/mol. The normalized spacial score (nSPS) is 12.1. The molecule has 0 spiro atoms. The van der Waals surface area contributed by atoms with Crippen LogP contribution in [0, 0.1) is 5.92 Å². The van der Waals surface area contributed by atoms with Crippen LogP contribution in [0.25, 0.3) is 0 Å². The molecule has 308 valence electrons. The lowest BCUT2D eigenvalue weighted by molar-refractivity contribution is -0.154. The van der Waals surface area contributed by atoms with E-state index in [0.29, 0.717) is 19.4 Å². The highest BCUT2D eigenvalue weighted by Gasteiger charge is 2.19. The SMILES string of the molecule is CCCCCCCCC(CCCCCCCC)OC(=O)C(C)CCCCCCN(CCO)CCCCCCCC(=O)OCCCCCCC(=O)OC. The molecule has 0 aliphatic heterocycles. The highest BCUT2D eigenvalue weighted by molar-refractivity contribution is 5.72. The largest absolute Gasteiger partial charge is 0.469 e. The van der Waals surface area contributed by atoms with Crippen LogP contribution in [-0.4, -0.2) is 74.0 Å². The maximum Gasteiger partial charge on any atom is 0.308 e. The van der Waals surface area contributed by atoms with Crippen molar-refractivity contribution in [3.63, 3.8) is 0 Å². The van der Waals surface area contributed by atoms with Gasteiger partial charge in [0.15, 0.2) is 0 Å². The van der Waals surface area contributed by atoms with E-state index < -0.39 is 0 Å². The van der Waals surface area contributed by atoms with E-state index >= 15 is 0 Å². The quantitative estimate of drug-likeness (QED) is 0.0376. The Bertz CT molecular complexity index is 791. The lowest BCUT2D eigenvalue weighted by Gasteiger charge is -2.21. The van der Waals surface area contributed by atoms with Crippen molar-refractivity contribution in [2.24, 2.45) is 5.92 Å². The Morgan fingerprint density at radius 3 is 1.50 bits per heavy atom. The van der Waals surface area contributed by atoms with Gasteiger partial charge in [-0.15, -0.1) is 0 Å². The fourth-order valence-electron chi connectivity index (χ4n) is 6.80. The molecule has 1 N–H and O–H groups in total. The summed E-state index contributed by atoms with van der Waals surface area (Å²) in [4.78, 5) is 38.5. The van der Waals surface area contributed by atoms with Crippen LogP contribution in [0.3, 0.4) is 0 Å². The fourth-order valence-corrected chi connectivity index (χ4v) is 6.80. The minimum Gasteiger partial charge on any atom is -0.469 e. The Balaban J connectivity index is 4.06. The van der Waals surface area contributed by atoms with Crippen LogP contribution in [0.2, 0.25) is 0 Å². The molecule has 0 saturated heterocycles. The molecule has 0 heterocycles. The highest BCUT2D eigenvalue weighted by atomic mass is 16.5. The van der Waals surface area contributed by atoms with Crippen molar-refractivity contribution in [1.82, 2.24) is 4.90 Å². The fraction of sp³-hybridized carbons (Fsp3) is 0.932. The predicted octanol–water partition coefficient (Wildman–Crippen LogP) is 11.3. The van der Waals surface area contributed by atoms with Crippen LogP contribution in [0.1, 0.15) is 213 Å². The number of methoxy groups -OCH3 is 1. The average molecular weight is 740 g/mol. The summed E-state index contributed by atoms with van der Waals surface area (Å²) in [5, 5.41) is 9.56. The number of aliphatic hydroxyl groups is 1. The zero-order valence-electron chi connectivity index (χ0n) is 34.7. The molecule has 0 aromatic rings. The zero-order valence-corrected chi connectivity index (χ0v) is 34.7. The van der Waals surface area contributed by atoms with E-state index in [2.05, 4.69) is 23.5 Å². The summed E-state index contributed by atoms with van der Waals surface area (Å²) < 4.78 is 16.1. The second-order valence-corrected chi connectivity index (χ2v) is 15.3. The van der Waals surface area contributed by atoms with Gasteiger partial charge in [0.25, 0.3) is 0 Å². The molecule has 0 aromatic carbocycles. The van der Waals surface area contributed by atoms with Crippen LogP contribution in [0.5, 0.6) is 0 Å². The number of rotatable bonds is 40. The van der Waals surface area contributed by atoms with Crippen LogP contribution in [0.15, 0.2) is 0 Å². The van der Waals surface area contributed by atoms with E-state index in [1.165, 1.54) is 84.2 Å². The van der Waals surface area contributed by atoms with Crippen LogP contribution in [0.4, 0.5) is 0 Å². The number of nitrogens with zero attached hydrogens (tertiary/aromatic N) is 1. The van der Waals surface area contributed by atoms with Crippen molar-refractivity contribution in [2.75, 3.05) is 40.0 Å². The summed E-state index contributed by atoms with van der Waals surface area (Å²) in [5.74, 6) is -0.301. The number of esters is 3. The van der Waals surface area contributed by atoms with Crippen molar-refractivity contribution in [2.45, 2.75) is 219 Å². The monoisotopic (exact) mass is 740 g/mol. The molecule has 8 heteroatoms. The lowest BCUT2D eigenvalue weighted by atomic mass is 10.0. The smallest absolute Gasteiger partial charge is 0.308 e. The number of hydrogen-bond donors (Lipinski definition) is 1. The number of aliphatic hydroxyl groups excluding tert-OH is 1. The molecule has 0 bridgehead atoms. The molecule has 0 aliphatic carbocycles. The van der Waals surface area contributed by atoms with Gasteiger partial charge in [-0.3, -0.25) is 14.4 Å². The van der Waals surface area contributed by atoms with Gasteiger partial charge >= 0.3 is 17.9 Å². The first-order valence-corrected chi connectivity index (χ1v) is 22.1. The van der Waals surface area contributed by atoms with E-state index in [0.717, 1.165) is 122 Å². The van der Waals surface area contributed by atoms with Gasteiger partial charge in [-0.05, 0) is 77.3 Å². The summed E-state index contributed by atoms with van der Waals surface area (Å²) in [6.45, 7) is 9.94. The summed E-state index contributed by atoms with van der Waals surface area (Å²) in [6.07, 6.45) is 32.5. The number of unbranched alkanes of at least 4 members (excludes halogenated alkanes) is 20. The Hall–Kier alpha value is -1.67. The van der Waals surface area contributed by atoms with Crippen LogP contribution in [-0.2, 0) is 28.6 Å². The summed E-state index contributed by atoms with van der Waals surface area (Å²) in [6, 6.07) is 0. The second-order valence-electron chi connectivity index (χ2n) is 15.3. The van der Waals surface area contributed by atoms with Gasteiger partial charge < -0.3 is 24.2 Å². The standard InChI is InChI=1S/C44H85NO7/c1-5-7-9-11-14-23-31-41(32-24-15-12-10-8-6-2)52-44(49)40(3)30-22-17-20-28-36-45(37-38-46)35-27-19-13-16-26-34-43(48)51-39-29-21-18-25-33-42(47)50-4/h40-41,46H,5-39H2,1-4H3. The predicted molar refractivity (Wildman–Crippen MR) is 215 cm³/mol. The Morgan fingerprint density at radius 1 is 0.538 bits per heavy atom. The van der Waals surface area contributed by atoms with E-state index in [1.54, 1.807) is 0 Å². The van der Waals surface area contributed by atoms with E-state index in [-0.39, 0.29) is 36.5 Å². The van der Waals surface area contributed by atoms with Gasteiger partial charge in [-0.2, -0.15) is 0 Å². The molecule has 0 aromatic heterocycles. The zero-order chi connectivity index (χ0) is 38.3. The molecule has 1 unspecified atom stereocenters. The van der Waals surface area contributed by atoms with Gasteiger partial charge in [-0.25, -0.2) is 0 Å². The van der Waals surface area contributed by atoms with E-state index in [4.69, 9.17) is 9.47 Å². The molecule has 0 fully saturated rings. The van der Waals surface area contributed by atoms with Crippen LogP contribution < -0.4 is 0 Å². The first kappa shape index (κ1) is 50.3. The molecule has 52 heavy (non-hydrogen) atoms. The lowest BCUT2D eigenvalue weighted by Crippen LogP contribution is -2.29. The third-order valence-corrected chi connectivity index (χ3v) is 10.3. The first-order valence-electron chi connectivity index (χ1n) is 22.1. The Labute approximate surface area is 321 Å². The van der Waals surface area contributed by atoms with Crippen LogP contribution >= 0.6 is 0 Å². The number of ether oxygens (including phenoxy) is 3. The minimum atomic E-state index is -0.168. The van der Waals surface area contributed by atoms with Crippen molar-refractivity contribution < 1.29 is 33.7 Å². The maximum absolute atomic E-state index is 13.0. The Kier molecular flexibility index (Phi) is 37.8. The summed E-state index contributed by atoms with van der Waals surface area (Å²) in [5.41, 5.74) is 0. The molecule has 1 atom stereocenters. The second kappa shape index (κ2) is 39.0. The molecule has 0 aliphatic rings. The molecule has 0 radical (unpaired) electrons. The van der Waals surface area contributed by atoms with Gasteiger partial charge in [-0.1, -0.05) is 136 Å². The average Bonchev–Trinajstić information content (AvgIpc) is 3.14. The van der Waals surface area contributed by atoms with Gasteiger partial charge in [0.2, 0.25) is 0 Å². The van der Waals surface area contributed by atoms with E-state index in [1.807, 2.05) is 6.92 Å². The molecule has 0 saturated carbocycles. The van der Waals surface area contributed by atoms with Crippen molar-refractivity contribution >= 4 is 17.9 Å². The van der Waals surface area contributed by atoms with Gasteiger partial charge in [0, 0.05) is 19.4 Å². The topological polar surface area (TPSA) is 102 Å².